The van der Waals surface area contributed by atoms with Crippen LogP contribution in [-0.4, -0.2) is 43.6 Å². The van der Waals surface area contributed by atoms with Crippen molar-refractivity contribution in [2.24, 2.45) is 0 Å². The summed E-state index contributed by atoms with van der Waals surface area (Å²) in [6.07, 6.45) is -10.3. The molecule has 40 heavy (non-hydrogen) atoms. The van der Waals surface area contributed by atoms with E-state index in [2.05, 4.69) is 17.4 Å². The fourth-order valence-corrected chi connectivity index (χ4v) is 5.77. The van der Waals surface area contributed by atoms with Gasteiger partial charge >= 0.3 is 40.8 Å². The van der Waals surface area contributed by atoms with E-state index in [0.29, 0.717) is 12.1 Å². The normalized spacial score (nSPS) is 13.0. The van der Waals surface area contributed by atoms with Gasteiger partial charge in [-0.15, -0.1) is 0 Å². The van der Waals surface area contributed by atoms with Gasteiger partial charge in [0.15, 0.2) is 13.6 Å². The predicted molar refractivity (Wildman–Crippen MR) is 123 cm³/mol. The second-order valence-electron chi connectivity index (χ2n) is 7.05. The van der Waals surface area contributed by atoms with Crippen LogP contribution in [0.15, 0.2) is 46.2 Å². The lowest BCUT2D eigenvalue weighted by Gasteiger charge is -2.17. The molecule has 0 saturated carbocycles. The average Bonchev–Trinajstić information content (AvgIpc) is 2.82. The lowest BCUT2D eigenvalue weighted by atomic mass is 10.2. The number of ether oxygens (including phenoxy) is 2. The second kappa shape index (κ2) is 13.5. The van der Waals surface area contributed by atoms with Gasteiger partial charge in [-0.1, -0.05) is 12.1 Å². The quantitative estimate of drug-likeness (QED) is 0.119. The summed E-state index contributed by atoms with van der Waals surface area (Å²) in [6.45, 7) is -0.571. The molecule has 2 rings (SSSR count). The Hall–Kier alpha value is -2.41. The first-order valence-electron chi connectivity index (χ1n) is 10.7. The molecule has 0 amide bonds. The molecular weight excluding hydrogens is 625 g/mol. The molecule has 0 spiro atoms. The van der Waals surface area contributed by atoms with Crippen molar-refractivity contribution >= 4 is 28.5 Å². The molecule has 0 saturated heterocycles. The highest BCUT2D eigenvalue weighted by molar-refractivity contribution is 7.87. The maximum absolute atomic E-state index is 13.4. The van der Waals surface area contributed by atoms with Crippen LogP contribution >= 0.6 is 8.25 Å². The zero-order valence-electron chi connectivity index (χ0n) is 20.4. The van der Waals surface area contributed by atoms with Crippen LogP contribution in [0.3, 0.4) is 0 Å². The summed E-state index contributed by atoms with van der Waals surface area (Å²) >= 11 is 0. The van der Waals surface area contributed by atoms with Gasteiger partial charge < -0.3 is 9.47 Å². The molecule has 0 aliphatic heterocycles. The first kappa shape index (κ1) is 33.8. The Labute approximate surface area is 225 Å². The van der Waals surface area contributed by atoms with Crippen LogP contribution in [0.2, 0.25) is 0 Å². The molecule has 11 nitrogen and oxygen atoms in total. The zero-order valence-corrected chi connectivity index (χ0v) is 23.0. The van der Waals surface area contributed by atoms with Crippen molar-refractivity contribution in [3.05, 3.63) is 47.5 Å². The van der Waals surface area contributed by atoms with Crippen LogP contribution < -0.4 is 9.47 Å². The topological polar surface area (TPSA) is 141 Å². The third kappa shape index (κ3) is 8.79. The summed E-state index contributed by atoms with van der Waals surface area (Å²) in [6, 6.07) is 4.58. The highest BCUT2D eigenvalue weighted by Crippen LogP contribution is 2.41. The second-order valence-corrected chi connectivity index (χ2v) is 11.2. The van der Waals surface area contributed by atoms with Crippen LogP contribution in [0.25, 0.3) is 0 Å². The van der Waals surface area contributed by atoms with Gasteiger partial charge in [0.2, 0.25) is 0 Å². The molecule has 226 valence electrons. The number of hydrogen-bond donors (Lipinski definition) is 0. The molecule has 0 bridgehead atoms. The number of hydrogen-bond acceptors (Lipinski definition) is 11. The van der Waals surface area contributed by atoms with Gasteiger partial charge in [-0.2, -0.15) is 43.2 Å². The van der Waals surface area contributed by atoms with Crippen LogP contribution in [0.1, 0.15) is 25.0 Å². The lowest BCUT2D eigenvalue weighted by Crippen LogP contribution is -2.18. The lowest BCUT2D eigenvalue weighted by molar-refractivity contribution is -0.141. The molecule has 0 aliphatic rings. The monoisotopic (exact) mass is 646 g/mol. The average molecular weight is 646 g/mol. The molecule has 0 radical (unpaired) electrons. The minimum atomic E-state index is -5.23. The summed E-state index contributed by atoms with van der Waals surface area (Å²) in [7, 11) is -14.3. The summed E-state index contributed by atoms with van der Waals surface area (Å²) in [4.78, 5) is -2.76. The van der Waals surface area contributed by atoms with E-state index >= 15 is 0 Å². The molecule has 2 aromatic rings. The first-order chi connectivity index (χ1) is 18.5. The Morgan fingerprint density at radius 3 is 1.32 bits per heavy atom. The standard InChI is InChI=1S/C20H21F6O11PS2/c1-3-32-15-9-5-7-13(19(21,22)23)17(15)39(28,29)36-11-34-38(27)35-12-37-40(30,31)18-14(20(24,25)26)8-6-10-16(18)33-4-2/h5-10,38H,3-4,11-12H2,1-2H3. The van der Waals surface area contributed by atoms with Gasteiger partial charge in [-0.05, 0) is 38.1 Å². The van der Waals surface area contributed by atoms with Crippen LogP contribution in [0.4, 0.5) is 26.3 Å². The van der Waals surface area contributed by atoms with E-state index < -0.39 is 86.8 Å². The van der Waals surface area contributed by atoms with E-state index in [9.17, 15) is 47.7 Å². The van der Waals surface area contributed by atoms with Crippen LogP contribution in [-0.2, 0) is 54.6 Å². The Balaban J connectivity index is 2.09. The van der Waals surface area contributed by atoms with Gasteiger partial charge in [0.05, 0.1) is 24.3 Å². The molecule has 0 atom stereocenters. The fraction of sp³-hybridized carbons (Fsp3) is 0.400. The molecule has 0 aliphatic carbocycles. The summed E-state index contributed by atoms with van der Waals surface area (Å²) in [5.74, 6) is -1.38. The van der Waals surface area contributed by atoms with E-state index in [4.69, 9.17) is 9.47 Å². The van der Waals surface area contributed by atoms with Crippen molar-refractivity contribution in [1.82, 2.24) is 0 Å². The van der Waals surface area contributed by atoms with Crippen molar-refractivity contribution in [1.29, 1.82) is 0 Å². The van der Waals surface area contributed by atoms with Gasteiger partial charge in [0, 0.05) is 0 Å². The maximum atomic E-state index is 13.4. The first-order valence-corrected chi connectivity index (χ1v) is 14.7. The fourth-order valence-electron chi connectivity index (χ4n) is 2.96. The highest BCUT2D eigenvalue weighted by atomic mass is 32.2. The van der Waals surface area contributed by atoms with Crippen molar-refractivity contribution in [3.63, 3.8) is 0 Å². The maximum Gasteiger partial charge on any atom is 0.417 e. The van der Waals surface area contributed by atoms with E-state index in [0.717, 1.165) is 24.3 Å². The Bertz CT molecular complexity index is 1310. The van der Waals surface area contributed by atoms with Crippen molar-refractivity contribution in [2.75, 3.05) is 26.8 Å². The van der Waals surface area contributed by atoms with Crippen molar-refractivity contribution < 1.29 is 74.6 Å². The van der Waals surface area contributed by atoms with Crippen LogP contribution in [0.5, 0.6) is 11.5 Å². The molecular formula is C20H21F6O11PS2. The summed E-state index contributed by atoms with van der Waals surface area (Å²) in [5.41, 5.74) is -3.24. The minimum Gasteiger partial charge on any atom is -0.492 e. The smallest absolute Gasteiger partial charge is 0.417 e. The van der Waals surface area contributed by atoms with Crippen molar-refractivity contribution in [3.8, 4) is 11.5 Å². The Kier molecular flexibility index (Phi) is 11.4. The van der Waals surface area contributed by atoms with Gasteiger partial charge in [0.25, 0.3) is 0 Å². The Morgan fingerprint density at radius 1 is 0.675 bits per heavy atom. The third-order valence-corrected chi connectivity index (χ3v) is 7.79. The summed E-state index contributed by atoms with van der Waals surface area (Å²) in [5, 5.41) is 0. The molecule has 20 heteroatoms. The zero-order chi connectivity index (χ0) is 30.4. The molecule has 0 unspecified atom stereocenters. The number of benzene rings is 2. The highest BCUT2D eigenvalue weighted by Gasteiger charge is 2.41. The predicted octanol–water partition coefficient (Wildman–Crippen LogP) is 4.97. The molecule has 0 aromatic heterocycles. The van der Waals surface area contributed by atoms with E-state index in [1.165, 1.54) is 13.8 Å². The Morgan fingerprint density at radius 2 is 1.02 bits per heavy atom. The van der Waals surface area contributed by atoms with Crippen LogP contribution in [0, 0.1) is 0 Å². The van der Waals surface area contributed by atoms with Crippen molar-refractivity contribution in [2.45, 2.75) is 36.0 Å². The number of rotatable bonds is 14. The minimum absolute atomic E-state index is 0.204. The van der Waals surface area contributed by atoms with Gasteiger partial charge in [-0.3, -0.25) is 13.6 Å². The molecule has 0 N–H and O–H groups in total. The molecule has 2 aromatic carbocycles. The SMILES string of the molecule is CCOc1cccc(C(F)(F)F)c1S(=O)(=O)OCO[PH](=O)OCOS(=O)(=O)c1c(OCC)cccc1C(F)(F)F. The van der Waals surface area contributed by atoms with E-state index in [-0.39, 0.29) is 13.2 Å². The number of halogens is 6. The molecule has 0 fully saturated rings. The van der Waals surface area contributed by atoms with Gasteiger partial charge in [-0.25, -0.2) is 8.37 Å². The van der Waals surface area contributed by atoms with E-state index in [1.54, 1.807) is 0 Å². The van der Waals surface area contributed by atoms with Gasteiger partial charge in [0.1, 0.15) is 21.3 Å². The molecule has 0 heterocycles. The largest absolute Gasteiger partial charge is 0.492 e. The summed E-state index contributed by atoms with van der Waals surface area (Å²) < 4.78 is 169. The third-order valence-electron chi connectivity index (χ3n) is 4.43. The van der Waals surface area contributed by atoms with E-state index in [1.807, 2.05) is 0 Å². The number of alkyl halides is 6.